The number of likely N-dealkylation sites (tertiary alicyclic amines) is 1. The minimum Gasteiger partial charge on any atom is -0.373 e. The van der Waals surface area contributed by atoms with Crippen molar-refractivity contribution < 1.29 is 9.13 Å². The summed E-state index contributed by atoms with van der Waals surface area (Å²) in [4.78, 5) is 2.60. The third-order valence-corrected chi connectivity index (χ3v) is 9.61. The van der Waals surface area contributed by atoms with Crippen LogP contribution in [-0.4, -0.2) is 29.1 Å². The normalized spacial score (nSPS) is 31.5. The maximum absolute atomic E-state index is 15.6. The van der Waals surface area contributed by atoms with Crippen LogP contribution in [0, 0.1) is 23.6 Å². The van der Waals surface area contributed by atoms with E-state index in [1.165, 1.54) is 32.1 Å². The Morgan fingerprint density at radius 2 is 1.67 bits per heavy atom. The molecule has 2 atom stereocenters. The van der Waals surface area contributed by atoms with E-state index < -0.39 is 0 Å². The van der Waals surface area contributed by atoms with Crippen LogP contribution in [0.1, 0.15) is 116 Å². The minimum absolute atomic E-state index is 0.0218. The van der Waals surface area contributed by atoms with Gasteiger partial charge in [0.25, 0.3) is 0 Å². The average Bonchev–Trinajstić information content (AvgIpc) is 2.83. The number of nitrogens with zero attached hydrogens (tertiary/aromatic N) is 1. The lowest BCUT2D eigenvalue weighted by Gasteiger charge is -2.55. The van der Waals surface area contributed by atoms with Crippen molar-refractivity contribution in [3.05, 3.63) is 60.0 Å². The van der Waals surface area contributed by atoms with Crippen molar-refractivity contribution in [2.75, 3.05) is 13.2 Å². The highest BCUT2D eigenvalue weighted by molar-refractivity contribution is 5.30. The van der Waals surface area contributed by atoms with Gasteiger partial charge in [-0.15, -0.1) is 6.58 Å². The zero-order valence-corrected chi connectivity index (χ0v) is 23.6. The molecule has 2 heterocycles. The fourth-order valence-electron chi connectivity index (χ4n) is 7.93. The third-order valence-electron chi connectivity index (χ3n) is 9.61. The molecular formula is C33H50FNO. The van der Waals surface area contributed by atoms with E-state index in [0.29, 0.717) is 5.92 Å². The lowest BCUT2D eigenvalue weighted by molar-refractivity contribution is -0.0399. The molecule has 0 amide bonds. The van der Waals surface area contributed by atoms with Crippen LogP contribution in [0.2, 0.25) is 0 Å². The van der Waals surface area contributed by atoms with Crippen LogP contribution in [-0.2, 0) is 4.74 Å². The van der Waals surface area contributed by atoms with Gasteiger partial charge >= 0.3 is 0 Å². The molecule has 0 bridgehead atoms. The average molecular weight is 496 g/mol. The lowest BCUT2D eigenvalue weighted by Crippen LogP contribution is -2.60. The summed E-state index contributed by atoms with van der Waals surface area (Å²) in [5.41, 5.74) is 1.95. The zero-order valence-electron chi connectivity index (χ0n) is 23.6. The molecule has 1 aromatic rings. The Bertz CT molecular complexity index is 884. The van der Waals surface area contributed by atoms with E-state index in [-0.39, 0.29) is 28.9 Å². The monoisotopic (exact) mass is 495 g/mol. The molecule has 3 fully saturated rings. The SMILES string of the molecule is C=CCCN1C(C)(C)CC(c2ccc(C3CCC(C4CCC(/C=C/C)CC4)CO3)cc2F)CC1(C)C. The van der Waals surface area contributed by atoms with E-state index >= 15 is 4.39 Å². The van der Waals surface area contributed by atoms with Gasteiger partial charge in [0.05, 0.1) is 12.7 Å². The van der Waals surface area contributed by atoms with Gasteiger partial charge in [0.2, 0.25) is 0 Å². The van der Waals surface area contributed by atoms with E-state index in [2.05, 4.69) is 70.4 Å². The van der Waals surface area contributed by atoms with Crippen molar-refractivity contribution >= 4 is 0 Å². The minimum atomic E-state index is -0.0448. The van der Waals surface area contributed by atoms with Crippen molar-refractivity contribution in [2.45, 2.75) is 116 Å². The summed E-state index contributed by atoms with van der Waals surface area (Å²) in [6.45, 7) is 17.1. The van der Waals surface area contributed by atoms with E-state index in [9.17, 15) is 0 Å². The van der Waals surface area contributed by atoms with Crippen LogP contribution in [0.3, 0.4) is 0 Å². The standard InChI is InChI=1S/C33H50FNO/c1-7-9-19-35-32(3,4)21-28(22-33(35,5)6)29-17-15-26(20-30(29)34)31-18-16-27(23-36-31)25-13-11-24(10-8-2)12-14-25/h7-8,10,15,17,20,24-25,27-28,31H,1,9,11-14,16,18-19,21-23H2,2-6H3/b10-8+. The predicted octanol–water partition coefficient (Wildman–Crippen LogP) is 8.99. The third kappa shape index (κ3) is 6.16. The van der Waals surface area contributed by atoms with Crippen LogP contribution >= 0.6 is 0 Å². The van der Waals surface area contributed by atoms with Crippen molar-refractivity contribution in [2.24, 2.45) is 17.8 Å². The highest BCUT2D eigenvalue weighted by Crippen LogP contribution is 2.47. The maximum Gasteiger partial charge on any atom is 0.127 e. The molecule has 1 saturated carbocycles. The molecule has 0 N–H and O–H groups in total. The van der Waals surface area contributed by atoms with Gasteiger partial charge < -0.3 is 4.74 Å². The summed E-state index contributed by atoms with van der Waals surface area (Å²) < 4.78 is 21.9. The quantitative estimate of drug-likeness (QED) is 0.350. The topological polar surface area (TPSA) is 12.5 Å². The molecule has 1 aliphatic carbocycles. The molecule has 36 heavy (non-hydrogen) atoms. The first kappa shape index (κ1) is 27.6. The summed E-state index contributed by atoms with van der Waals surface area (Å²) in [6.07, 6.45) is 17.1. The van der Waals surface area contributed by atoms with Crippen molar-refractivity contribution in [1.82, 2.24) is 4.90 Å². The molecule has 2 aliphatic heterocycles. The van der Waals surface area contributed by atoms with Crippen LogP contribution in [0.5, 0.6) is 0 Å². The Morgan fingerprint density at radius 3 is 2.22 bits per heavy atom. The van der Waals surface area contributed by atoms with Gasteiger partial charge in [-0.3, -0.25) is 4.90 Å². The summed E-state index contributed by atoms with van der Waals surface area (Å²) >= 11 is 0. The summed E-state index contributed by atoms with van der Waals surface area (Å²) in [5.74, 6) is 2.44. The Morgan fingerprint density at radius 1 is 1.00 bits per heavy atom. The smallest absolute Gasteiger partial charge is 0.127 e. The highest BCUT2D eigenvalue weighted by atomic mass is 19.1. The van der Waals surface area contributed by atoms with Crippen LogP contribution < -0.4 is 0 Å². The second kappa shape index (κ2) is 11.5. The fraction of sp³-hybridized carbons (Fsp3) is 0.697. The van der Waals surface area contributed by atoms with Crippen LogP contribution in [0.4, 0.5) is 4.39 Å². The maximum atomic E-state index is 15.6. The summed E-state index contributed by atoms with van der Waals surface area (Å²) in [5, 5.41) is 0. The number of hydrogen-bond acceptors (Lipinski definition) is 2. The Balaban J connectivity index is 1.37. The largest absolute Gasteiger partial charge is 0.373 e. The van der Waals surface area contributed by atoms with Gasteiger partial charge in [0, 0.05) is 17.6 Å². The molecule has 2 saturated heterocycles. The van der Waals surface area contributed by atoms with E-state index in [0.717, 1.165) is 61.8 Å². The van der Waals surface area contributed by atoms with Gasteiger partial charge in [-0.1, -0.05) is 30.4 Å². The number of benzene rings is 1. The number of hydrogen-bond donors (Lipinski definition) is 0. The first-order chi connectivity index (χ1) is 17.1. The van der Waals surface area contributed by atoms with E-state index in [1.54, 1.807) is 6.07 Å². The fourth-order valence-corrected chi connectivity index (χ4v) is 7.93. The van der Waals surface area contributed by atoms with Crippen LogP contribution in [0.15, 0.2) is 43.0 Å². The zero-order chi connectivity index (χ0) is 25.9. The molecule has 4 rings (SSSR count). The van der Waals surface area contributed by atoms with Gasteiger partial charge in [-0.05, 0) is 133 Å². The molecule has 0 aromatic heterocycles. The molecule has 1 aromatic carbocycles. The van der Waals surface area contributed by atoms with Crippen molar-refractivity contribution in [1.29, 1.82) is 0 Å². The highest BCUT2D eigenvalue weighted by Gasteiger charge is 2.45. The van der Waals surface area contributed by atoms with Gasteiger partial charge in [-0.2, -0.15) is 0 Å². The second-order valence-electron chi connectivity index (χ2n) is 13.1. The van der Waals surface area contributed by atoms with E-state index in [1.807, 2.05) is 6.08 Å². The molecule has 2 unspecified atom stereocenters. The molecule has 2 nitrogen and oxygen atoms in total. The van der Waals surface area contributed by atoms with Gasteiger partial charge in [-0.25, -0.2) is 4.39 Å². The van der Waals surface area contributed by atoms with Crippen molar-refractivity contribution in [3.63, 3.8) is 0 Å². The molecule has 200 valence electrons. The van der Waals surface area contributed by atoms with Gasteiger partial charge in [0.1, 0.15) is 5.82 Å². The molecule has 0 spiro atoms. The number of piperidine rings is 1. The van der Waals surface area contributed by atoms with Gasteiger partial charge in [0.15, 0.2) is 0 Å². The predicted molar refractivity (Wildman–Crippen MR) is 150 cm³/mol. The van der Waals surface area contributed by atoms with Crippen molar-refractivity contribution in [3.8, 4) is 0 Å². The molecule has 3 aliphatic rings. The molecule has 3 heteroatoms. The Kier molecular flexibility index (Phi) is 8.83. The Hall–Kier alpha value is -1.45. The molecular weight excluding hydrogens is 445 g/mol. The number of rotatable bonds is 7. The first-order valence-corrected chi connectivity index (χ1v) is 14.6. The second-order valence-corrected chi connectivity index (χ2v) is 13.1. The summed E-state index contributed by atoms with van der Waals surface area (Å²) in [6, 6.07) is 6.00. The number of halogens is 1. The molecule has 0 radical (unpaired) electrons. The van der Waals surface area contributed by atoms with Crippen LogP contribution in [0.25, 0.3) is 0 Å². The first-order valence-electron chi connectivity index (χ1n) is 14.6. The lowest BCUT2D eigenvalue weighted by atomic mass is 9.71. The number of allylic oxidation sites excluding steroid dienone is 2. The summed E-state index contributed by atoms with van der Waals surface area (Å²) in [7, 11) is 0. The van der Waals surface area contributed by atoms with E-state index in [4.69, 9.17) is 4.74 Å². The number of ether oxygens (including phenoxy) is 1. The Labute approximate surface area is 220 Å².